The fraction of sp³-hybridized carbons (Fsp3) is 1.00. The topological polar surface area (TPSA) is 32.3 Å². The molecule has 2 rings (SSSR count). The first-order valence-corrected chi connectivity index (χ1v) is 9.08. The third-order valence-electron chi connectivity index (χ3n) is 4.33. The molecule has 1 saturated carbocycles. The van der Waals surface area contributed by atoms with Gasteiger partial charge >= 0.3 is 0 Å². The lowest BCUT2D eigenvalue weighted by Gasteiger charge is -2.42. The molecule has 0 aromatic carbocycles. The Bertz CT molecular complexity index is 292. The van der Waals surface area contributed by atoms with Gasteiger partial charge in [-0.15, -0.1) is 0 Å². The average molecular weight is 272 g/mol. The van der Waals surface area contributed by atoms with Crippen molar-refractivity contribution in [2.24, 2.45) is 11.8 Å². The Kier molecular flexibility index (Phi) is 5.22. The van der Waals surface area contributed by atoms with Crippen molar-refractivity contribution >= 4 is 10.8 Å². The van der Waals surface area contributed by atoms with E-state index < -0.39 is 10.8 Å². The predicted molar refractivity (Wildman–Crippen MR) is 78.3 cm³/mol. The Morgan fingerprint density at radius 2 is 2.11 bits per heavy atom. The summed E-state index contributed by atoms with van der Waals surface area (Å²) in [6.45, 7) is 8.08. The van der Waals surface area contributed by atoms with Crippen molar-refractivity contribution < 1.29 is 4.21 Å². The van der Waals surface area contributed by atoms with Gasteiger partial charge in [0.05, 0.1) is 0 Å². The van der Waals surface area contributed by atoms with E-state index in [1.807, 2.05) is 6.26 Å². The van der Waals surface area contributed by atoms with Crippen LogP contribution in [0.4, 0.5) is 0 Å². The van der Waals surface area contributed by atoms with Gasteiger partial charge in [0.2, 0.25) is 0 Å². The zero-order valence-corrected chi connectivity index (χ0v) is 12.8. The second kappa shape index (κ2) is 6.49. The number of nitrogens with one attached hydrogen (secondary N) is 1. The first-order valence-electron chi connectivity index (χ1n) is 7.35. The molecule has 0 aromatic rings. The molecular formula is C14H28N2OS. The van der Waals surface area contributed by atoms with Crippen LogP contribution < -0.4 is 5.32 Å². The van der Waals surface area contributed by atoms with Crippen molar-refractivity contribution in [2.75, 3.05) is 31.6 Å². The molecule has 0 spiro atoms. The van der Waals surface area contributed by atoms with Crippen LogP contribution in [-0.2, 0) is 10.8 Å². The molecule has 0 radical (unpaired) electrons. The van der Waals surface area contributed by atoms with Gasteiger partial charge in [-0.05, 0) is 37.6 Å². The van der Waals surface area contributed by atoms with E-state index in [1.165, 1.54) is 19.4 Å². The lowest BCUT2D eigenvalue weighted by Crippen LogP contribution is -2.59. The van der Waals surface area contributed by atoms with E-state index in [2.05, 4.69) is 24.1 Å². The fourth-order valence-electron chi connectivity index (χ4n) is 3.05. The smallest absolute Gasteiger partial charge is 0.0244 e. The molecule has 1 saturated heterocycles. The molecule has 3 atom stereocenters. The second-order valence-corrected chi connectivity index (χ2v) is 7.84. The number of rotatable bonds is 6. The summed E-state index contributed by atoms with van der Waals surface area (Å²) >= 11 is 0. The summed E-state index contributed by atoms with van der Waals surface area (Å²) in [6, 6.07) is 1.37. The predicted octanol–water partition coefficient (Wildman–Crippen LogP) is 1.46. The summed E-state index contributed by atoms with van der Waals surface area (Å²) in [4.78, 5) is 2.65. The van der Waals surface area contributed by atoms with Gasteiger partial charge in [-0.1, -0.05) is 13.8 Å². The van der Waals surface area contributed by atoms with E-state index >= 15 is 0 Å². The van der Waals surface area contributed by atoms with Crippen LogP contribution in [0.15, 0.2) is 0 Å². The zero-order chi connectivity index (χ0) is 13.1. The molecular weight excluding hydrogens is 244 g/mol. The molecule has 1 aliphatic carbocycles. The van der Waals surface area contributed by atoms with E-state index in [9.17, 15) is 4.21 Å². The number of hydrogen-bond acceptors (Lipinski definition) is 3. The Balaban J connectivity index is 1.85. The van der Waals surface area contributed by atoms with Crippen LogP contribution in [0.5, 0.6) is 0 Å². The van der Waals surface area contributed by atoms with Crippen molar-refractivity contribution in [3.63, 3.8) is 0 Å². The van der Waals surface area contributed by atoms with E-state index in [4.69, 9.17) is 0 Å². The molecule has 106 valence electrons. The van der Waals surface area contributed by atoms with E-state index in [1.54, 1.807) is 0 Å². The summed E-state index contributed by atoms with van der Waals surface area (Å²) in [5.74, 6) is 2.48. The van der Waals surface area contributed by atoms with Gasteiger partial charge in [0.1, 0.15) is 0 Å². The molecule has 0 bridgehead atoms. The van der Waals surface area contributed by atoms with Gasteiger partial charge in [0.15, 0.2) is 0 Å². The Morgan fingerprint density at radius 3 is 2.67 bits per heavy atom. The maximum atomic E-state index is 11.2. The fourth-order valence-corrected chi connectivity index (χ4v) is 3.59. The van der Waals surface area contributed by atoms with Crippen LogP contribution in [0.2, 0.25) is 0 Å². The minimum atomic E-state index is -0.639. The average Bonchev–Trinajstić information content (AvgIpc) is 3.11. The molecule has 18 heavy (non-hydrogen) atoms. The third-order valence-corrected chi connectivity index (χ3v) is 5.19. The molecule has 3 nitrogen and oxygen atoms in total. The SMILES string of the molecule is CC(C)C1CNC(C2CC2)CN1CCCS(C)=O. The summed E-state index contributed by atoms with van der Waals surface area (Å²) in [5, 5.41) is 3.74. The van der Waals surface area contributed by atoms with Gasteiger partial charge in [-0.2, -0.15) is 0 Å². The minimum absolute atomic E-state index is 0.639. The summed E-state index contributed by atoms with van der Waals surface area (Å²) < 4.78 is 11.2. The van der Waals surface area contributed by atoms with E-state index in [-0.39, 0.29) is 0 Å². The minimum Gasteiger partial charge on any atom is -0.311 e. The van der Waals surface area contributed by atoms with E-state index in [0.29, 0.717) is 18.0 Å². The molecule has 1 aliphatic heterocycles. The maximum Gasteiger partial charge on any atom is 0.0244 e. The van der Waals surface area contributed by atoms with Crippen molar-refractivity contribution in [3.8, 4) is 0 Å². The Labute approximate surface area is 114 Å². The monoisotopic (exact) mass is 272 g/mol. The highest BCUT2D eigenvalue weighted by atomic mass is 32.2. The standard InChI is InChI=1S/C14H28N2OS/c1-11(2)14-9-15-13(12-5-6-12)10-16(14)7-4-8-18(3)17/h11-15H,4-10H2,1-3H3. The number of piperazine rings is 1. The normalized spacial score (nSPS) is 31.8. The van der Waals surface area contributed by atoms with Gasteiger partial charge in [-0.25, -0.2) is 0 Å². The van der Waals surface area contributed by atoms with Crippen LogP contribution in [0.1, 0.15) is 33.1 Å². The molecule has 4 heteroatoms. The van der Waals surface area contributed by atoms with Crippen LogP contribution in [0.25, 0.3) is 0 Å². The van der Waals surface area contributed by atoms with Crippen molar-refractivity contribution in [1.82, 2.24) is 10.2 Å². The second-order valence-electron chi connectivity index (χ2n) is 6.29. The maximum absolute atomic E-state index is 11.2. The number of hydrogen-bond donors (Lipinski definition) is 1. The first kappa shape index (κ1) is 14.5. The Hall–Kier alpha value is 0.0700. The zero-order valence-electron chi connectivity index (χ0n) is 12.0. The Morgan fingerprint density at radius 1 is 1.39 bits per heavy atom. The molecule has 1 N–H and O–H groups in total. The molecule has 0 amide bonds. The highest BCUT2D eigenvalue weighted by Gasteiger charge is 2.37. The van der Waals surface area contributed by atoms with Crippen LogP contribution >= 0.6 is 0 Å². The first-order chi connectivity index (χ1) is 8.58. The quantitative estimate of drug-likeness (QED) is 0.794. The van der Waals surface area contributed by atoms with Crippen LogP contribution in [-0.4, -0.2) is 52.8 Å². The highest BCUT2D eigenvalue weighted by molar-refractivity contribution is 7.84. The van der Waals surface area contributed by atoms with Crippen molar-refractivity contribution in [1.29, 1.82) is 0 Å². The largest absolute Gasteiger partial charge is 0.311 e. The highest BCUT2D eigenvalue weighted by Crippen LogP contribution is 2.34. The molecule has 2 fully saturated rings. The van der Waals surface area contributed by atoms with Crippen molar-refractivity contribution in [2.45, 2.75) is 45.2 Å². The van der Waals surface area contributed by atoms with Crippen LogP contribution in [0, 0.1) is 11.8 Å². The molecule has 0 aromatic heterocycles. The molecule has 2 aliphatic rings. The summed E-state index contributed by atoms with van der Waals surface area (Å²) in [6.07, 6.45) is 5.71. The lowest BCUT2D eigenvalue weighted by molar-refractivity contribution is 0.0927. The summed E-state index contributed by atoms with van der Waals surface area (Å²) in [5.41, 5.74) is 0. The molecule has 3 unspecified atom stereocenters. The van der Waals surface area contributed by atoms with Gasteiger partial charge in [-0.3, -0.25) is 9.11 Å². The summed E-state index contributed by atoms with van der Waals surface area (Å²) in [7, 11) is -0.639. The van der Waals surface area contributed by atoms with Crippen LogP contribution in [0.3, 0.4) is 0 Å². The van der Waals surface area contributed by atoms with E-state index in [0.717, 1.165) is 31.2 Å². The van der Waals surface area contributed by atoms with Gasteiger partial charge < -0.3 is 5.32 Å². The molecule has 1 heterocycles. The third kappa shape index (κ3) is 4.04. The van der Waals surface area contributed by atoms with Crippen molar-refractivity contribution in [3.05, 3.63) is 0 Å². The lowest BCUT2D eigenvalue weighted by atomic mass is 9.97. The van der Waals surface area contributed by atoms with Gasteiger partial charge in [0.25, 0.3) is 0 Å². The van der Waals surface area contributed by atoms with Gasteiger partial charge in [0, 0.05) is 48.0 Å². The number of nitrogens with zero attached hydrogens (tertiary/aromatic N) is 1.